The number of ether oxygens (including phenoxy) is 1. The van der Waals surface area contributed by atoms with Crippen molar-refractivity contribution in [3.05, 3.63) is 80.3 Å². The number of anilines is 1. The van der Waals surface area contributed by atoms with Gasteiger partial charge in [-0.25, -0.2) is 22.0 Å². The molecule has 2 aromatic carbocycles. The Morgan fingerprint density at radius 3 is 2.21 bits per heavy atom. The number of amides is 1. The van der Waals surface area contributed by atoms with Gasteiger partial charge in [0, 0.05) is 5.56 Å². The summed E-state index contributed by atoms with van der Waals surface area (Å²) in [6.45, 7) is 3.97. The fourth-order valence-corrected chi connectivity index (χ4v) is 3.37. The molecular formula is C20H14F5NO2S. The Balaban J connectivity index is 1.73. The highest BCUT2D eigenvalue weighted by Crippen LogP contribution is 2.28. The molecule has 3 rings (SSSR count). The Hall–Kier alpha value is -2.94. The summed E-state index contributed by atoms with van der Waals surface area (Å²) in [6.07, 6.45) is 0. The monoisotopic (exact) mass is 427 g/mol. The second-order valence-corrected chi connectivity index (χ2v) is 7.19. The molecular weight excluding hydrogens is 413 g/mol. The van der Waals surface area contributed by atoms with E-state index >= 15 is 0 Å². The maximum absolute atomic E-state index is 13.7. The average Bonchev–Trinajstić information content (AvgIpc) is 3.16. The van der Waals surface area contributed by atoms with E-state index in [-0.39, 0.29) is 11.5 Å². The standard InChI is InChI=1S/C20H14F5NO2S/c1-9-3-4-12(10(2)5-9)28-7-11-6-13(29-8-11)20(27)26-19-17(24)15(22)14(21)16(23)18(19)25/h3-6,8H,7H2,1-2H3,(H,26,27). The quantitative estimate of drug-likeness (QED) is 0.313. The summed E-state index contributed by atoms with van der Waals surface area (Å²) in [6, 6.07) is 7.06. The lowest BCUT2D eigenvalue weighted by Gasteiger charge is -2.09. The summed E-state index contributed by atoms with van der Waals surface area (Å²) in [4.78, 5) is 12.2. The van der Waals surface area contributed by atoms with Crippen molar-refractivity contribution in [2.24, 2.45) is 0 Å². The zero-order chi connectivity index (χ0) is 21.3. The fraction of sp³-hybridized carbons (Fsp3) is 0.150. The molecule has 0 fully saturated rings. The molecule has 0 aliphatic carbocycles. The van der Waals surface area contributed by atoms with E-state index in [1.165, 1.54) is 6.07 Å². The van der Waals surface area contributed by atoms with Crippen molar-refractivity contribution in [2.45, 2.75) is 20.5 Å². The Bertz CT molecular complexity index is 1070. The van der Waals surface area contributed by atoms with Crippen LogP contribution >= 0.6 is 11.3 Å². The molecule has 0 atom stereocenters. The van der Waals surface area contributed by atoms with E-state index in [0.717, 1.165) is 22.5 Å². The number of aryl methyl sites for hydroxylation is 2. The highest BCUT2D eigenvalue weighted by molar-refractivity contribution is 7.12. The Kier molecular flexibility index (Phi) is 5.88. The maximum atomic E-state index is 13.7. The number of halogens is 5. The molecule has 1 aromatic heterocycles. The lowest BCUT2D eigenvalue weighted by Crippen LogP contribution is -2.16. The van der Waals surface area contributed by atoms with Gasteiger partial charge in [0.1, 0.15) is 18.0 Å². The van der Waals surface area contributed by atoms with Crippen LogP contribution in [0.2, 0.25) is 0 Å². The minimum Gasteiger partial charge on any atom is -0.489 e. The average molecular weight is 427 g/mol. The van der Waals surface area contributed by atoms with Gasteiger partial charge in [-0.3, -0.25) is 4.79 Å². The van der Waals surface area contributed by atoms with Gasteiger partial charge in [-0.15, -0.1) is 11.3 Å². The van der Waals surface area contributed by atoms with E-state index in [2.05, 4.69) is 0 Å². The van der Waals surface area contributed by atoms with E-state index in [4.69, 9.17) is 4.74 Å². The molecule has 0 radical (unpaired) electrons. The minimum atomic E-state index is -2.29. The zero-order valence-electron chi connectivity index (χ0n) is 15.2. The van der Waals surface area contributed by atoms with E-state index in [1.54, 1.807) is 10.7 Å². The third-order valence-electron chi connectivity index (χ3n) is 4.05. The summed E-state index contributed by atoms with van der Waals surface area (Å²) in [5, 5.41) is 3.33. The lowest BCUT2D eigenvalue weighted by molar-refractivity contribution is 0.102. The van der Waals surface area contributed by atoms with Gasteiger partial charge in [0.05, 0.1) is 4.88 Å². The highest BCUT2D eigenvalue weighted by atomic mass is 32.1. The van der Waals surface area contributed by atoms with E-state index in [0.29, 0.717) is 11.3 Å². The van der Waals surface area contributed by atoms with Crippen LogP contribution in [-0.4, -0.2) is 5.91 Å². The van der Waals surface area contributed by atoms with Crippen molar-refractivity contribution in [1.29, 1.82) is 0 Å². The topological polar surface area (TPSA) is 38.3 Å². The molecule has 9 heteroatoms. The Morgan fingerprint density at radius 2 is 1.59 bits per heavy atom. The maximum Gasteiger partial charge on any atom is 0.265 e. The van der Waals surface area contributed by atoms with Gasteiger partial charge in [-0.2, -0.15) is 0 Å². The van der Waals surface area contributed by atoms with Crippen molar-refractivity contribution in [2.75, 3.05) is 5.32 Å². The molecule has 0 saturated carbocycles. The smallest absolute Gasteiger partial charge is 0.265 e. The predicted molar refractivity (Wildman–Crippen MR) is 98.8 cm³/mol. The number of rotatable bonds is 5. The second-order valence-electron chi connectivity index (χ2n) is 6.28. The summed E-state index contributed by atoms with van der Waals surface area (Å²) < 4.78 is 72.7. The first kappa shape index (κ1) is 20.8. The van der Waals surface area contributed by atoms with Gasteiger partial charge < -0.3 is 10.1 Å². The van der Waals surface area contributed by atoms with Crippen molar-refractivity contribution in [3.8, 4) is 5.75 Å². The molecule has 0 saturated heterocycles. The van der Waals surface area contributed by atoms with Crippen LogP contribution in [0, 0.1) is 42.9 Å². The van der Waals surface area contributed by atoms with Crippen LogP contribution in [0.5, 0.6) is 5.75 Å². The van der Waals surface area contributed by atoms with Crippen molar-refractivity contribution < 1.29 is 31.5 Å². The van der Waals surface area contributed by atoms with Crippen LogP contribution in [0.4, 0.5) is 27.6 Å². The molecule has 0 unspecified atom stereocenters. The van der Waals surface area contributed by atoms with Crippen molar-refractivity contribution in [3.63, 3.8) is 0 Å². The summed E-state index contributed by atoms with van der Waals surface area (Å²) >= 11 is 0.943. The third kappa shape index (κ3) is 4.24. The number of hydrogen-bond acceptors (Lipinski definition) is 3. The van der Waals surface area contributed by atoms with Crippen LogP contribution in [0.15, 0.2) is 29.6 Å². The van der Waals surface area contributed by atoms with Gasteiger partial charge >= 0.3 is 0 Å². The first-order chi connectivity index (χ1) is 13.7. The van der Waals surface area contributed by atoms with Gasteiger partial charge in [0.2, 0.25) is 5.82 Å². The fourth-order valence-electron chi connectivity index (χ4n) is 2.58. The second kappa shape index (κ2) is 8.20. The van der Waals surface area contributed by atoms with Crippen LogP contribution in [0.1, 0.15) is 26.4 Å². The largest absolute Gasteiger partial charge is 0.489 e. The van der Waals surface area contributed by atoms with E-state index < -0.39 is 40.7 Å². The molecule has 0 bridgehead atoms. The van der Waals surface area contributed by atoms with Crippen molar-refractivity contribution in [1.82, 2.24) is 0 Å². The van der Waals surface area contributed by atoms with E-state index in [1.807, 2.05) is 32.0 Å². The first-order valence-electron chi connectivity index (χ1n) is 8.29. The number of thiophene rings is 1. The highest BCUT2D eigenvalue weighted by Gasteiger charge is 2.27. The first-order valence-corrected chi connectivity index (χ1v) is 9.17. The molecule has 1 heterocycles. The minimum absolute atomic E-state index is 0.0215. The molecule has 29 heavy (non-hydrogen) atoms. The third-order valence-corrected chi connectivity index (χ3v) is 5.03. The lowest BCUT2D eigenvalue weighted by atomic mass is 10.1. The molecule has 3 aromatic rings. The molecule has 1 amide bonds. The normalized spacial score (nSPS) is 10.9. The number of hydrogen-bond donors (Lipinski definition) is 1. The zero-order valence-corrected chi connectivity index (χ0v) is 16.0. The number of carbonyl (C=O) groups excluding carboxylic acids is 1. The summed E-state index contributed by atoms with van der Waals surface area (Å²) in [5.74, 6) is -11.1. The number of nitrogens with one attached hydrogen (secondary N) is 1. The van der Waals surface area contributed by atoms with Gasteiger partial charge in [0.25, 0.3) is 5.91 Å². The molecule has 0 aliphatic rings. The van der Waals surface area contributed by atoms with E-state index in [9.17, 15) is 26.7 Å². The van der Waals surface area contributed by atoms with Crippen LogP contribution in [-0.2, 0) is 6.61 Å². The summed E-state index contributed by atoms with van der Waals surface area (Å²) in [5.41, 5.74) is 1.23. The molecule has 0 spiro atoms. The SMILES string of the molecule is Cc1ccc(OCc2csc(C(=O)Nc3c(F)c(F)c(F)c(F)c3F)c2)c(C)c1. The van der Waals surface area contributed by atoms with Crippen LogP contribution in [0.25, 0.3) is 0 Å². The van der Waals surface area contributed by atoms with Crippen LogP contribution in [0.3, 0.4) is 0 Å². The molecule has 1 N–H and O–H groups in total. The Labute approximate surface area is 166 Å². The molecule has 152 valence electrons. The number of benzene rings is 2. The van der Waals surface area contributed by atoms with Gasteiger partial charge in [-0.1, -0.05) is 17.7 Å². The molecule has 0 aliphatic heterocycles. The molecule has 3 nitrogen and oxygen atoms in total. The number of carbonyl (C=O) groups is 1. The Morgan fingerprint density at radius 1 is 0.966 bits per heavy atom. The van der Waals surface area contributed by atoms with Gasteiger partial charge in [-0.05, 0) is 36.9 Å². The van der Waals surface area contributed by atoms with Gasteiger partial charge in [0.15, 0.2) is 23.3 Å². The predicted octanol–water partition coefficient (Wildman–Crippen LogP) is 5.89. The van der Waals surface area contributed by atoms with Crippen molar-refractivity contribution >= 4 is 22.9 Å². The van der Waals surface area contributed by atoms with Crippen LogP contribution < -0.4 is 10.1 Å². The summed E-state index contributed by atoms with van der Waals surface area (Å²) in [7, 11) is 0.